The fourth-order valence-electron chi connectivity index (χ4n) is 8.05. The molecule has 51 heavy (non-hydrogen) atoms. The third-order valence-corrected chi connectivity index (χ3v) is 11.7. The number of nitriles is 1. The molecule has 11 nitrogen and oxygen atoms in total. The van der Waals surface area contributed by atoms with Crippen LogP contribution in [-0.4, -0.2) is 115 Å². The highest BCUT2D eigenvalue weighted by Crippen LogP contribution is 2.39. The number of likely N-dealkylation sites (N-methyl/N-ethyl adjacent to an activating group) is 1. The number of hydrogen-bond donors (Lipinski definition) is 0. The predicted octanol–water partition coefficient (Wildman–Crippen LogP) is 5.28. The number of fused-ring (bicyclic) bond motifs is 2. The van der Waals surface area contributed by atoms with Crippen LogP contribution in [0.1, 0.15) is 55.0 Å². The van der Waals surface area contributed by atoms with E-state index in [-0.39, 0.29) is 24.5 Å². The number of carbonyl (C=O) groups excluding carboxylic acids is 1. The molecular formula is C39H48BrN7O4. The summed E-state index contributed by atoms with van der Waals surface area (Å²) in [7, 11) is 3.91. The molecule has 12 heteroatoms. The second-order valence-electron chi connectivity index (χ2n) is 14.2. The molecule has 0 aliphatic carbocycles. The summed E-state index contributed by atoms with van der Waals surface area (Å²) in [5, 5.41) is 12.1. The Morgan fingerprint density at radius 2 is 1.90 bits per heavy atom. The summed E-state index contributed by atoms with van der Waals surface area (Å²) >= 11 is 3.78. The highest BCUT2D eigenvalue weighted by Gasteiger charge is 2.35. The van der Waals surface area contributed by atoms with Gasteiger partial charge in [-0.15, -0.1) is 0 Å². The van der Waals surface area contributed by atoms with Crippen LogP contribution in [0.2, 0.25) is 0 Å². The van der Waals surface area contributed by atoms with Crippen molar-refractivity contribution in [2.24, 2.45) is 0 Å². The minimum absolute atomic E-state index is 0.0523. The van der Waals surface area contributed by atoms with Crippen LogP contribution in [0.4, 0.5) is 5.82 Å². The summed E-state index contributed by atoms with van der Waals surface area (Å²) in [6.45, 7) is 6.17. The van der Waals surface area contributed by atoms with Crippen molar-refractivity contribution >= 4 is 38.4 Å². The molecule has 0 saturated carbocycles. The summed E-state index contributed by atoms with van der Waals surface area (Å²) in [6, 6.07) is 15.3. The fraction of sp³-hybridized carbons (Fsp3) is 0.538. The predicted molar refractivity (Wildman–Crippen MR) is 200 cm³/mol. The zero-order valence-corrected chi connectivity index (χ0v) is 31.3. The van der Waals surface area contributed by atoms with Gasteiger partial charge in [0.05, 0.1) is 43.0 Å². The number of rotatable bonds is 10. The van der Waals surface area contributed by atoms with E-state index in [9.17, 15) is 10.1 Å². The Bertz CT molecular complexity index is 1770. The third-order valence-electron chi connectivity index (χ3n) is 11.1. The molecule has 1 aromatic heterocycles. The monoisotopic (exact) mass is 757 g/mol. The fourth-order valence-corrected chi connectivity index (χ4v) is 8.66. The molecule has 5 heterocycles. The number of piperidine rings is 1. The average Bonchev–Trinajstić information content (AvgIpc) is 3.57. The molecule has 0 N–H and O–H groups in total. The van der Waals surface area contributed by atoms with Gasteiger partial charge >= 0.3 is 6.01 Å². The maximum Gasteiger partial charge on any atom is 0.318 e. The first-order valence-corrected chi connectivity index (χ1v) is 19.1. The first kappa shape index (κ1) is 35.8. The molecule has 3 atom stereocenters. The molecule has 0 spiro atoms. The number of benzene rings is 2. The van der Waals surface area contributed by atoms with Crippen molar-refractivity contribution in [2.45, 2.75) is 69.4 Å². The van der Waals surface area contributed by atoms with Crippen molar-refractivity contribution in [1.82, 2.24) is 24.7 Å². The van der Waals surface area contributed by atoms with Crippen molar-refractivity contribution in [3.8, 4) is 12.1 Å². The van der Waals surface area contributed by atoms with Crippen molar-refractivity contribution in [3.05, 3.63) is 69.8 Å². The third kappa shape index (κ3) is 8.08. The molecular weight excluding hydrogens is 710 g/mol. The Morgan fingerprint density at radius 1 is 1.08 bits per heavy atom. The molecule has 3 saturated heterocycles. The zero-order chi connectivity index (χ0) is 35.3. The molecule has 7 rings (SSSR count). The van der Waals surface area contributed by atoms with Crippen LogP contribution >= 0.6 is 15.9 Å². The molecule has 1 unspecified atom stereocenters. The number of methoxy groups -OCH3 is 1. The number of nitrogens with zero attached hydrogens (tertiary/aromatic N) is 7. The number of hydrogen-bond acceptors (Lipinski definition) is 10. The number of anilines is 1. The first-order chi connectivity index (χ1) is 24.9. The number of aromatic nitrogens is 2. The van der Waals surface area contributed by atoms with Gasteiger partial charge in [-0.25, -0.2) is 0 Å². The van der Waals surface area contributed by atoms with Crippen molar-refractivity contribution < 1.29 is 19.0 Å². The largest absolute Gasteiger partial charge is 0.462 e. The maximum absolute atomic E-state index is 13.5. The molecule has 3 fully saturated rings. The minimum atomic E-state index is -0.272. The average molecular weight is 759 g/mol. The summed E-state index contributed by atoms with van der Waals surface area (Å²) in [4.78, 5) is 32.2. The SMILES string of the molecule is COC1CCN(C/C=C/C(=O)N2CCN(c3nc(OC[C@@H]4CCCN4C)nc4c3COC(c3cccc5cccc(Br)c35)C4)C[C@@H]2CC#N)CC1. The lowest BCUT2D eigenvalue weighted by atomic mass is 9.94. The van der Waals surface area contributed by atoms with Crippen LogP contribution in [0.25, 0.3) is 10.8 Å². The van der Waals surface area contributed by atoms with E-state index in [0.29, 0.717) is 57.4 Å². The van der Waals surface area contributed by atoms with Gasteiger partial charge in [-0.3, -0.25) is 9.69 Å². The van der Waals surface area contributed by atoms with Crippen molar-refractivity contribution in [2.75, 3.05) is 71.5 Å². The number of halogens is 1. The van der Waals surface area contributed by atoms with E-state index in [0.717, 1.165) is 89.7 Å². The van der Waals surface area contributed by atoms with Crippen LogP contribution in [0.5, 0.6) is 6.01 Å². The summed E-state index contributed by atoms with van der Waals surface area (Å²) in [5.74, 6) is 0.723. The van der Waals surface area contributed by atoms with E-state index in [4.69, 9.17) is 24.2 Å². The lowest BCUT2D eigenvalue weighted by Crippen LogP contribution is -2.55. The highest BCUT2D eigenvalue weighted by molar-refractivity contribution is 9.10. The lowest BCUT2D eigenvalue weighted by Gasteiger charge is -2.42. The van der Waals surface area contributed by atoms with Crippen LogP contribution in [-0.2, 0) is 27.3 Å². The second-order valence-corrected chi connectivity index (χ2v) is 15.0. The van der Waals surface area contributed by atoms with Crippen molar-refractivity contribution in [3.63, 3.8) is 0 Å². The van der Waals surface area contributed by atoms with Gasteiger partial charge in [-0.05, 0) is 56.3 Å². The number of amides is 1. The van der Waals surface area contributed by atoms with Crippen LogP contribution in [0.15, 0.2) is 53.0 Å². The molecule has 4 aliphatic heterocycles. The number of likely N-dealkylation sites (tertiary alicyclic amines) is 2. The topological polar surface area (TPSA) is 107 Å². The second kappa shape index (κ2) is 16.4. The van der Waals surface area contributed by atoms with Gasteiger partial charge in [0, 0.05) is 80.3 Å². The van der Waals surface area contributed by atoms with E-state index < -0.39 is 0 Å². The van der Waals surface area contributed by atoms with Crippen LogP contribution in [0, 0.1) is 11.3 Å². The number of ether oxygens (including phenoxy) is 3. The van der Waals surface area contributed by atoms with E-state index in [1.54, 1.807) is 13.2 Å². The molecule has 0 radical (unpaired) electrons. The van der Waals surface area contributed by atoms with E-state index in [1.165, 1.54) is 0 Å². The molecule has 0 bridgehead atoms. The summed E-state index contributed by atoms with van der Waals surface area (Å²) in [6.07, 6.45) is 8.86. The first-order valence-electron chi connectivity index (χ1n) is 18.3. The van der Waals surface area contributed by atoms with Crippen LogP contribution < -0.4 is 9.64 Å². The Kier molecular flexibility index (Phi) is 11.5. The molecule has 270 valence electrons. The zero-order valence-electron chi connectivity index (χ0n) is 29.7. The summed E-state index contributed by atoms with van der Waals surface area (Å²) in [5.41, 5.74) is 2.99. The van der Waals surface area contributed by atoms with Gasteiger partial charge in [0.2, 0.25) is 5.91 Å². The van der Waals surface area contributed by atoms with Crippen LogP contribution in [0.3, 0.4) is 0 Å². The normalized spacial score (nSPS) is 23.5. The number of carbonyl (C=O) groups is 1. The molecule has 2 aromatic carbocycles. The quantitative estimate of drug-likeness (QED) is 0.254. The van der Waals surface area contributed by atoms with Gasteiger partial charge in [0.1, 0.15) is 12.4 Å². The van der Waals surface area contributed by atoms with Crippen molar-refractivity contribution in [1.29, 1.82) is 5.26 Å². The Labute approximate surface area is 309 Å². The van der Waals surface area contributed by atoms with Gasteiger partial charge in [-0.1, -0.05) is 52.3 Å². The molecule has 1 amide bonds. The van der Waals surface area contributed by atoms with E-state index >= 15 is 0 Å². The minimum Gasteiger partial charge on any atom is -0.462 e. The smallest absolute Gasteiger partial charge is 0.318 e. The van der Waals surface area contributed by atoms with Gasteiger partial charge < -0.3 is 28.9 Å². The van der Waals surface area contributed by atoms with E-state index in [1.807, 2.05) is 11.0 Å². The molecule has 4 aliphatic rings. The number of piperazine rings is 1. The standard InChI is InChI=1S/C39H48BrN7O4/c1-44-17-5-9-29(44)25-51-39-42-34-23-35(31-10-3-7-27-8-4-11-33(40)37(27)31)50-26-32(34)38(43-39)46-21-22-47(28(24-46)13-16-41)36(48)12-6-18-45-19-14-30(49-2)15-20-45/h3-4,6-8,10-12,28-30,35H,5,9,13-15,17-26H2,1-2H3/b12-6+/t28-,29-,35?/m0/s1. The van der Waals surface area contributed by atoms with Gasteiger partial charge in [0.25, 0.3) is 0 Å². The Morgan fingerprint density at radius 3 is 2.67 bits per heavy atom. The van der Waals surface area contributed by atoms with E-state index in [2.05, 4.69) is 80.1 Å². The van der Waals surface area contributed by atoms with Gasteiger partial charge in [-0.2, -0.15) is 15.2 Å². The summed E-state index contributed by atoms with van der Waals surface area (Å²) < 4.78 is 19.5. The Balaban J connectivity index is 1.11. The highest BCUT2D eigenvalue weighted by atomic mass is 79.9. The van der Waals surface area contributed by atoms with Gasteiger partial charge in [0.15, 0.2) is 0 Å². The maximum atomic E-state index is 13.5. The Hall–Kier alpha value is -3.60. The molecule has 3 aromatic rings. The lowest BCUT2D eigenvalue weighted by molar-refractivity contribution is -0.128.